The molecule has 6 nitrogen and oxygen atoms in total. The maximum absolute atomic E-state index is 12.3. The Balaban J connectivity index is 1.76. The second-order valence-electron chi connectivity index (χ2n) is 7.19. The molecule has 0 unspecified atom stereocenters. The first-order valence-corrected chi connectivity index (χ1v) is 10.0. The smallest absolute Gasteiger partial charge is 0.410 e. The molecule has 0 spiro atoms. The standard InChI is InChI=1S/C18H20BrN3O3S/c1-18(2,3)25-17(23)22-6-4-5-12(10-22)24-16-13-7-14(19)26-15(13)11(8-20)9-21-16/h7,9,12H,4-6,10H2,1-3H3/t12-/m0/s1. The quantitative estimate of drug-likeness (QED) is 0.679. The van der Waals surface area contributed by atoms with Crippen molar-refractivity contribution in [2.45, 2.75) is 45.3 Å². The summed E-state index contributed by atoms with van der Waals surface area (Å²) in [6.07, 6.45) is 2.75. The molecule has 3 heterocycles. The maximum atomic E-state index is 12.3. The molecule has 0 aliphatic carbocycles. The molecule has 0 saturated carbocycles. The van der Waals surface area contributed by atoms with Crippen molar-refractivity contribution < 1.29 is 14.3 Å². The summed E-state index contributed by atoms with van der Waals surface area (Å²) in [6, 6.07) is 4.07. The van der Waals surface area contributed by atoms with E-state index in [4.69, 9.17) is 9.47 Å². The minimum atomic E-state index is -0.519. The second-order valence-corrected chi connectivity index (χ2v) is 9.62. The zero-order valence-electron chi connectivity index (χ0n) is 14.9. The summed E-state index contributed by atoms with van der Waals surface area (Å²) in [5, 5.41) is 10.1. The number of fused-ring (bicyclic) bond motifs is 1. The first-order chi connectivity index (χ1) is 12.3. The fraction of sp³-hybridized carbons (Fsp3) is 0.500. The van der Waals surface area contributed by atoms with Crippen molar-refractivity contribution in [1.82, 2.24) is 9.88 Å². The van der Waals surface area contributed by atoms with Gasteiger partial charge in [0.05, 0.1) is 32.2 Å². The third-order valence-electron chi connectivity index (χ3n) is 3.92. The summed E-state index contributed by atoms with van der Waals surface area (Å²) < 4.78 is 13.3. The average molecular weight is 438 g/mol. The topological polar surface area (TPSA) is 75.4 Å². The third kappa shape index (κ3) is 4.27. The van der Waals surface area contributed by atoms with Crippen molar-refractivity contribution in [3.8, 4) is 11.9 Å². The van der Waals surface area contributed by atoms with Crippen molar-refractivity contribution in [3.63, 3.8) is 0 Å². The Morgan fingerprint density at radius 2 is 2.27 bits per heavy atom. The Bertz CT molecular complexity index is 869. The Labute approximate surface area is 164 Å². The van der Waals surface area contributed by atoms with E-state index in [9.17, 15) is 10.1 Å². The number of nitriles is 1. The summed E-state index contributed by atoms with van der Waals surface area (Å²) in [4.78, 5) is 18.3. The number of piperidine rings is 1. The molecule has 1 atom stereocenters. The SMILES string of the molecule is CC(C)(C)OC(=O)N1CCC[C@H](Oc2ncc(C#N)c3sc(Br)cc23)C1. The molecule has 1 amide bonds. The minimum Gasteiger partial charge on any atom is -0.472 e. The molecule has 0 aromatic carbocycles. The van der Waals surface area contributed by atoms with Crippen LogP contribution in [0, 0.1) is 11.3 Å². The van der Waals surface area contributed by atoms with Crippen LogP contribution in [-0.4, -0.2) is 40.8 Å². The molecule has 0 radical (unpaired) electrons. The van der Waals surface area contributed by atoms with Gasteiger partial charge >= 0.3 is 6.09 Å². The molecule has 2 aromatic rings. The first-order valence-electron chi connectivity index (χ1n) is 8.39. The lowest BCUT2D eigenvalue weighted by atomic mass is 10.1. The summed E-state index contributed by atoms with van der Waals surface area (Å²) in [5.74, 6) is 0.497. The number of ether oxygens (including phenoxy) is 2. The first kappa shape index (κ1) is 18.9. The molecule has 1 aliphatic rings. The van der Waals surface area contributed by atoms with Gasteiger partial charge in [-0.25, -0.2) is 9.78 Å². The van der Waals surface area contributed by atoms with Crippen LogP contribution >= 0.6 is 27.3 Å². The van der Waals surface area contributed by atoms with Crippen molar-refractivity contribution in [1.29, 1.82) is 5.26 Å². The monoisotopic (exact) mass is 437 g/mol. The van der Waals surface area contributed by atoms with E-state index in [1.807, 2.05) is 26.8 Å². The third-order valence-corrected chi connectivity index (χ3v) is 5.59. The second kappa shape index (κ2) is 7.41. The number of carbonyl (C=O) groups is 1. The van der Waals surface area contributed by atoms with Gasteiger partial charge in [-0.05, 0) is 55.6 Å². The van der Waals surface area contributed by atoms with Gasteiger partial charge in [-0.15, -0.1) is 11.3 Å². The van der Waals surface area contributed by atoms with E-state index in [0.717, 1.165) is 26.7 Å². The Hall–Kier alpha value is -1.85. The van der Waals surface area contributed by atoms with Gasteiger partial charge in [-0.3, -0.25) is 0 Å². The number of pyridine rings is 1. The summed E-state index contributed by atoms with van der Waals surface area (Å²) >= 11 is 4.94. The molecule has 0 bridgehead atoms. The molecule has 138 valence electrons. The Kier molecular flexibility index (Phi) is 5.39. The number of hydrogen-bond donors (Lipinski definition) is 0. The molecule has 2 aromatic heterocycles. The van der Waals surface area contributed by atoms with Gasteiger partial charge < -0.3 is 14.4 Å². The van der Waals surface area contributed by atoms with Gasteiger partial charge in [-0.1, -0.05) is 0 Å². The predicted molar refractivity (Wildman–Crippen MR) is 103 cm³/mol. The number of amides is 1. The van der Waals surface area contributed by atoms with Crippen LogP contribution in [0.1, 0.15) is 39.2 Å². The van der Waals surface area contributed by atoms with Crippen molar-refractivity contribution in [2.75, 3.05) is 13.1 Å². The van der Waals surface area contributed by atoms with Crippen LogP contribution in [0.2, 0.25) is 0 Å². The van der Waals surface area contributed by atoms with Crippen molar-refractivity contribution >= 4 is 43.4 Å². The Morgan fingerprint density at radius 1 is 1.50 bits per heavy atom. The molecule has 26 heavy (non-hydrogen) atoms. The zero-order valence-corrected chi connectivity index (χ0v) is 17.3. The molecule has 1 aliphatic heterocycles. The van der Waals surface area contributed by atoms with E-state index >= 15 is 0 Å². The van der Waals surface area contributed by atoms with Crippen LogP contribution in [0.4, 0.5) is 4.79 Å². The Morgan fingerprint density at radius 3 is 2.96 bits per heavy atom. The maximum Gasteiger partial charge on any atom is 0.410 e. The highest BCUT2D eigenvalue weighted by Crippen LogP contribution is 2.37. The molecular weight excluding hydrogens is 418 g/mol. The summed E-state index contributed by atoms with van der Waals surface area (Å²) in [5.41, 5.74) is 0.0105. The van der Waals surface area contributed by atoms with Crippen molar-refractivity contribution in [3.05, 3.63) is 21.6 Å². The number of likely N-dealkylation sites (tertiary alicyclic amines) is 1. The van der Waals surface area contributed by atoms with Crippen LogP contribution in [0.5, 0.6) is 5.88 Å². The van der Waals surface area contributed by atoms with E-state index in [1.54, 1.807) is 4.90 Å². The number of nitrogens with zero attached hydrogens (tertiary/aromatic N) is 3. The zero-order chi connectivity index (χ0) is 18.9. The molecular formula is C18H20BrN3O3S. The van der Waals surface area contributed by atoms with Gasteiger partial charge in [0.1, 0.15) is 17.8 Å². The lowest BCUT2D eigenvalue weighted by Crippen LogP contribution is -2.46. The molecule has 1 fully saturated rings. The van der Waals surface area contributed by atoms with E-state index in [-0.39, 0.29) is 12.2 Å². The molecule has 1 saturated heterocycles. The van der Waals surface area contributed by atoms with Crippen LogP contribution < -0.4 is 4.74 Å². The van der Waals surface area contributed by atoms with Gasteiger partial charge in [0.15, 0.2) is 0 Å². The van der Waals surface area contributed by atoms with E-state index in [2.05, 4.69) is 27.0 Å². The number of aromatic nitrogens is 1. The van der Waals surface area contributed by atoms with Crippen molar-refractivity contribution in [2.24, 2.45) is 0 Å². The molecule has 8 heteroatoms. The van der Waals surface area contributed by atoms with Crippen LogP contribution in [-0.2, 0) is 4.74 Å². The highest BCUT2D eigenvalue weighted by molar-refractivity contribution is 9.11. The number of halogens is 1. The summed E-state index contributed by atoms with van der Waals surface area (Å²) in [6.45, 7) is 6.69. The van der Waals surface area contributed by atoms with Crippen LogP contribution in [0.3, 0.4) is 0 Å². The largest absolute Gasteiger partial charge is 0.472 e. The van der Waals surface area contributed by atoms with E-state index in [0.29, 0.717) is 24.5 Å². The minimum absolute atomic E-state index is 0.154. The normalized spacial score (nSPS) is 17.8. The van der Waals surface area contributed by atoms with Gasteiger partial charge in [-0.2, -0.15) is 5.26 Å². The fourth-order valence-corrected chi connectivity index (χ4v) is 4.38. The summed E-state index contributed by atoms with van der Waals surface area (Å²) in [7, 11) is 0. The average Bonchev–Trinajstić information content (AvgIpc) is 2.96. The molecule has 0 N–H and O–H groups in total. The lowest BCUT2D eigenvalue weighted by Gasteiger charge is -2.34. The van der Waals surface area contributed by atoms with Crippen LogP contribution in [0.15, 0.2) is 16.0 Å². The van der Waals surface area contributed by atoms with Gasteiger partial charge in [0, 0.05) is 6.54 Å². The number of rotatable bonds is 2. The number of hydrogen-bond acceptors (Lipinski definition) is 6. The van der Waals surface area contributed by atoms with Gasteiger partial charge in [0.2, 0.25) is 5.88 Å². The molecule has 3 rings (SSSR count). The number of carbonyl (C=O) groups excluding carboxylic acids is 1. The highest BCUT2D eigenvalue weighted by Gasteiger charge is 2.29. The number of thiophene rings is 1. The van der Waals surface area contributed by atoms with E-state index in [1.165, 1.54) is 17.5 Å². The predicted octanol–water partition coefficient (Wildman–Crippen LogP) is 4.71. The van der Waals surface area contributed by atoms with Gasteiger partial charge in [0.25, 0.3) is 0 Å². The van der Waals surface area contributed by atoms with Crippen LogP contribution in [0.25, 0.3) is 10.1 Å². The lowest BCUT2D eigenvalue weighted by molar-refractivity contribution is 0.00743. The highest BCUT2D eigenvalue weighted by atomic mass is 79.9. The fourth-order valence-electron chi connectivity index (χ4n) is 2.83. The van der Waals surface area contributed by atoms with E-state index < -0.39 is 5.60 Å².